The van der Waals surface area contributed by atoms with Crippen LogP contribution in [0.15, 0.2) is 57.5 Å². The minimum Gasteiger partial charge on any atom is -0.441 e. The number of oxazole rings is 1. The van der Waals surface area contributed by atoms with Crippen LogP contribution in [0, 0.1) is 6.92 Å². The third-order valence-electron chi connectivity index (χ3n) is 4.08. The quantitative estimate of drug-likeness (QED) is 0.571. The van der Waals surface area contributed by atoms with Gasteiger partial charge in [0.15, 0.2) is 5.58 Å². The SMILES string of the molecule is Cc1oc(-c2ccccc2)nc1CCc1noc2cc(N)ccc12. The number of hydrogen-bond donors (Lipinski definition) is 1. The summed E-state index contributed by atoms with van der Waals surface area (Å²) in [6.45, 7) is 1.94. The van der Waals surface area contributed by atoms with E-state index in [0.717, 1.165) is 40.9 Å². The van der Waals surface area contributed by atoms with Gasteiger partial charge in [-0.15, -0.1) is 0 Å². The average Bonchev–Trinajstić information content (AvgIpc) is 3.17. The van der Waals surface area contributed by atoms with Crippen LogP contribution in [-0.2, 0) is 12.8 Å². The summed E-state index contributed by atoms with van der Waals surface area (Å²) in [5.41, 5.74) is 9.99. The van der Waals surface area contributed by atoms with Crippen LogP contribution in [0.1, 0.15) is 17.1 Å². The van der Waals surface area contributed by atoms with Gasteiger partial charge in [0.05, 0.1) is 11.4 Å². The molecule has 0 amide bonds. The summed E-state index contributed by atoms with van der Waals surface area (Å²) < 4.78 is 11.2. The summed E-state index contributed by atoms with van der Waals surface area (Å²) in [6.07, 6.45) is 1.48. The number of nitrogens with two attached hydrogens (primary N) is 1. The molecule has 0 bridgehead atoms. The Morgan fingerprint density at radius 2 is 1.79 bits per heavy atom. The van der Waals surface area contributed by atoms with Crippen LogP contribution >= 0.6 is 0 Å². The fourth-order valence-corrected chi connectivity index (χ4v) is 2.79. The molecule has 2 aromatic heterocycles. The van der Waals surface area contributed by atoms with Gasteiger partial charge < -0.3 is 14.7 Å². The van der Waals surface area contributed by atoms with Crippen molar-refractivity contribution in [2.45, 2.75) is 19.8 Å². The zero-order valence-corrected chi connectivity index (χ0v) is 13.3. The van der Waals surface area contributed by atoms with Crippen molar-refractivity contribution in [3.63, 3.8) is 0 Å². The molecule has 120 valence electrons. The number of anilines is 1. The Morgan fingerprint density at radius 1 is 1.00 bits per heavy atom. The maximum atomic E-state index is 5.80. The van der Waals surface area contributed by atoms with Crippen LogP contribution in [0.25, 0.3) is 22.4 Å². The Bertz CT molecular complexity index is 986. The van der Waals surface area contributed by atoms with E-state index in [1.807, 2.05) is 49.4 Å². The van der Waals surface area contributed by atoms with Crippen LogP contribution in [0.2, 0.25) is 0 Å². The zero-order valence-electron chi connectivity index (χ0n) is 13.3. The number of aromatic nitrogens is 2. The normalized spacial score (nSPS) is 11.2. The molecule has 0 aliphatic carbocycles. The average molecular weight is 319 g/mol. The molecular weight excluding hydrogens is 302 g/mol. The number of rotatable bonds is 4. The third-order valence-corrected chi connectivity index (χ3v) is 4.08. The number of benzene rings is 2. The van der Waals surface area contributed by atoms with Crippen LogP contribution in [0.3, 0.4) is 0 Å². The van der Waals surface area contributed by atoms with Gasteiger partial charge >= 0.3 is 0 Å². The summed E-state index contributed by atoms with van der Waals surface area (Å²) >= 11 is 0. The van der Waals surface area contributed by atoms with Gasteiger partial charge in [-0.05, 0) is 44.0 Å². The van der Waals surface area contributed by atoms with Crippen LogP contribution in [-0.4, -0.2) is 10.1 Å². The largest absolute Gasteiger partial charge is 0.441 e. The second-order valence-corrected chi connectivity index (χ2v) is 5.77. The standard InChI is InChI=1S/C19H17N3O2/c1-12-16(21-19(23-12)13-5-3-2-4-6-13)9-10-17-15-8-7-14(20)11-18(15)24-22-17/h2-8,11H,9-10,20H2,1H3. The Morgan fingerprint density at radius 3 is 2.62 bits per heavy atom. The van der Waals surface area contributed by atoms with Gasteiger partial charge in [-0.2, -0.15) is 0 Å². The lowest BCUT2D eigenvalue weighted by Crippen LogP contribution is -1.94. The number of hydrogen-bond acceptors (Lipinski definition) is 5. The first-order chi connectivity index (χ1) is 11.7. The first-order valence-corrected chi connectivity index (χ1v) is 7.86. The van der Waals surface area contributed by atoms with Crippen molar-refractivity contribution in [1.29, 1.82) is 0 Å². The molecule has 2 aromatic carbocycles. The lowest BCUT2D eigenvalue weighted by Gasteiger charge is -1.96. The first-order valence-electron chi connectivity index (χ1n) is 7.86. The molecular formula is C19H17N3O2. The van der Waals surface area contributed by atoms with E-state index in [2.05, 4.69) is 10.1 Å². The Balaban J connectivity index is 1.56. The fourth-order valence-electron chi connectivity index (χ4n) is 2.79. The van der Waals surface area contributed by atoms with Crippen LogP contribution in [0.5, 0.6) is 0 Å². The van der Waals surface area contributed by atoms with Crippen molar-refractivity contribution in [3.05, 3.63) is 65.7 Å². The highest BCUT2D eigenvalue weighted by Crippen LogP contribution is 2.25. The molecule has 24 heavy (non-hydrogen) atoms. The Labute approximate surface area is 139 Å². The number of nitrogens with zero attached hydrogens (tertiary/aromatic N) is 2. The van der Waals surface area contributed by atoms with E-state index in [1.54, 1.807) is 6.07 Å². The molecule has 0 radical (unpaired) electrons. The molecule has 5 heteroatoms. The van der Waals surface area contributed by atoms with E-state index >= 15 is 0 Å². The van der Waals surface area contributed by atoms with Gasteiger partial charge in [0.2, 0.25) is 5.89 Å². The van der Waals surface area contributed by atoms with Crippen LogP contribution < -0.4 is 5.73 Å². The smallest absolute Gasteiger partial charge is 0.226 e. The summed E-state index contributed by atoms with van der Waals surface area (Å²) in [4.78, 5) is 4.63. The highest BCUT2D eigenvalue weighted by atomic mass is 16.5. The van der Waals surface area contributed by atoms with Gasteiger partial charge in [0, 0.05) is 22.7 Å². The summed E-state index contributed by atoms with van der Waals surface area (Å²) in [5, 5.41) is 5.15. The highest BCUT2D eigenvalue weighted by Gasteiger charge is 2.14. The number of aryl methyl sites for hydroxylation is 3. The Kier molecular flexibility index (Phi) is 3.54. The number of nitrogen functional groups attached to an aromatic ring is 1. The minimum absolute atomic E-state index is 0.654. The molecule has 2 N–H and O–H groups in total. The van der Waals surface area contributed by atoms with Gasteiger partial charge in [0.1, 0.15) is 5.76 Å². The second-order valence-electron chi connectivity index (χ2n) is 5.77. The molecule has 0 atom stereocenters. The van der Waals surface area contributed by atoms with Crippen molar-refractivity contribution < 1.29 is 8.94 Å². The van der Waals surface area contributed by atoms with E-state index in [1.165, 1.54) is 0 Å². The molecule has 4 aromatic rings. The lowest BCUT2D eigenvalue weighted by molar-refractivity contribution is 0.445. The molecule has 0 aliphatic rings. The second kappa shape index (κ2) is 5.85. The van der Waals surface area contributed by atoms with E-state index in [-0.39, 0.29) is 0 Å². The maximum absolute atomic E-state index is 5.80. The molecule has 0 aliphatic heterocycles. The van der Waals surface area contributed by atoms with E-state index in [9.17, 15) is 0 Å². The molecule has 2 heterocycles. The molecule has 0 fully saturated rings. The maximum Gasteiger partial charge on any atom is 0.226 e. The summed E-state index contributed by atoms with van der Waals surface area (Å²) in [7, 11) is 0. The van der Waals surface area contributed by atoms with Crippen molar-refractivity contribution in [2.75, 3.05) is 5.73 Å². The molecule has 4 rings (SSSR count). The van der Waals surface area contributed by atoms with Crippen molar-refractivity contribution in [2.24, 2.45) is 0 Å². The van der Waals surface area contributed by atoms with Crippen molar-refractivity contribution in [3.8, 4) is 11.5 Å². The monoisotopic (exact) mass is 319 g/mol. The Hall–Kier alpha value is -3.08. The van der Waals surface area contributed by atoms with E-state index < -0.39 is 0 Å². The predicted molar refractivity (Wildman–Crippen MR) is 92.5 cm³/mol. The summed E-state index contributed by atoms with van der Waals surface area (Å²) in [5.74, 6) is 1.49. The zero-order chi connectivity index (χ0) is 16.5. The molecule has 0 spiro atoms. The van der Waals surface area contributed by atoms with Gasteiger partial charge in [-0.1, -0.05) is 23.4 Å². The number of fused-ring (bicyclic) bond motifs is 1. The van der Waals surface area contributed by atoms with Crippen molar-refractivity contribution in [1.82, 2.24) is 10.1 Å². The topological polar surface area (TPSA) is 78.1 Å². The van der Waals surface area contributed by atoms with Gasteiger partial charge in [-0.25, -0.2) is 4.98 Å². The van der Waals surface area contributed by atoms with E-state index in [4.69, 9.17) is 14.7 Å². The highest BCUT2D eigenvalue weighted by molar-refractivity contribution is 5.82. The fraction of sp³-hybridized carbons (Fsp3) is 0.158. The van der Waals surface area contributed by atoms with Gasteiger partial charge in [-0.3, -0.25) is 0 Å². The lowest BCUT2D eigenvalue weighted by atomic mass is 10.1. The molecule has 0 unspecified atom stereocenters. The van der Waals surface area contributed by atoms with Gasteiger partial charge in [0.25, 0.3) is 0 Å². The summed E-state index contributed by atoms with van der Waals surface area (Å²) in [6, 6.07) is 15.5. The van der Waals surface area contributed by atoms with E-state index in [0.29, 0.717) is 17.2 Å². The third kappa shape index (κ3) is 2.65. The molecule has 0 saturated heterocycles. The van der Waals surface area contributed by atoms with Crippen molar-refractivity contribution >= 4 is 16.7 Å². The minimum atomic E-state index is 0.654. The predicted octanol–water partition coefficient (Wildman–Crippen LogP) is 4.16. The van der Waals surface area contributed by atoms with Crippen LogP contribution in [0.4, 0.5) is 5.69 Å². The molecule has 5 nitrogen and oxygen atoms in total. The molecule has 0 saturated carbocycles. The first kappa shape index (κ1) is 14.5.